The van der Waals surface area contributed by atoms with Crippen molar-refractivity contribution >= 4 is 29.0 Å². The van der Waals surface area contributed by atoms with Crippen LogP contribution in [0.25, 0.3) is 11.2 Å². The van der Waals surface area contributed by atoms with Gasteiger partial charge in [-0.25, -0.2) is 14.6 Å². The molecule has 4 rings (SSSR count). The zero-order chi connectivity index (χ0) is 23.2. The molecule has 2 heterocycles. The minimum Gasteiger partial charge on any atom is -0.445 e. The summed E-state index contributed by atoms with van der Waals surface area (Å²) in [5.74, 6) is 1.68. The minimum atomic E-state index is -0.371. The van der Waals surface area contributed by atoms with Crippen molar-refractivity contribution in [2.45, 2.75) is 63.1 Å². The van der Waals surface area contributed by atoms with E-state index in [1.807, 2.05) is 43.5 Å². The van der Waals surface area contributed by atoms with Gasteiger partial charge in [0.25, 0.3) is 0 Å². The Bertz CT molecular complexity index is 1140. The van der Waals surface area contributed by atoms with Gasteiger partial charge in [-0.2, -0.15) is 4.98 Å². The number of nitrogens with zero attached hydrogens (tertiary/aromatic N) is 3. The molecule has 33 heavy (non-hydrogen) atoms. The largest absolute Gasteiger partial charge is 0.445 e. The number of benzene rings is 1. The summed E-state index contributed by atoms with van der Waals surface area (Å²) in [4.78, 5) is 37.0. The standard InChI is InChI=1S/C24H31N5O3S/c1-3-13-29-21-19(22(33-2)28-23(29)30)26-20(27-21)18-11-9-16(10-12-18)14-25-24(31)32-15-17-7-5-4-6-8-17/h4-8,16,18H,3,9-15H2,1-2H3,(H,25,31)(H,26,27). The number of aromatic nitrogens is 4. The van der Waals surface area contributed by atoms with Gasteiger partial charge in [-0.3, -0.25) is 4.57 Å². The van der Waals surface area contributed by atoms with Crippen molar-refractivity contribution in [3.05, 3.63) is 52.2 Å². The number of H-pyrrole nitrogens is 1. The molecule has 1 fully saturated rings. The summed E-state index contributed by atoms with van der Waals surface area (Å²) in [7, 11) is 0. The highest BCUT2D eigenvalue weighted by Gasteiger charge is 2.26. The molecule has 0 saturated heterocycles. The second-order valence-electron chi connectivity index (χ2n) is 8.54. The van der Waals surface area contributed by atoms with E-state index in [1.165, 1.54) is 11.8 Å². The van der Waals surface area contributed by atoms with Crippen LogP contribution in [0, 0.1) is 5.92 Å². The van der Waals surface area contributed by atoms with Crippen LogP contribution in [0.1, 0.15) is 56.3 Å². The number of hydrogen-bond donors (Lipinski definition) is 2. The van der Waals surface area contributed by atoms with E-state index >= 15 is 0 Å². The molecule has 0 atom stereocenters. The maximum Gasteiger partial charge on any atom is 0.407 e. The van der Waals surface area contributed by atoms with Gasteiger partial charge in [-0.05, 0) is 49.8 Å². The summed E-state index contributed by atoms with van der Waals surface area (Å²) in [5, 5.41) is 3.61. The van der Waals surface area contributed by atoms with Crippen LogP contribution in [-0.2, 0) is 17.9 Å². The van der Waals surface area contributed by atoms with Crippen molar-refractivity contribution in [3.8, 4) is 0 Å². The summed E-state index contributed by atoms with van der Waals surface area (Å²) in [6.45, 7) is 3.56. The molecule has 0 unspecified atom stereocenters. The lowest BCUT2D eigenvalue weighted by atomic mass is 9.81. The Balaban J connectivity index is 1.32. The third-order valence-electron chi connectivity index (χ3n) is 6.22. The summed E-state index contributed by atoms with van der Waals surface area (Å²) < 4.78 is 6.98. The number of fused-ring (bicyclic) bond motifs is 1. The van der Waals surface area contributed by atoms with Crippen molar-refractivity contribution in [3.63, 3.8) is 0 Å². The molecule has 8 nitrogen and oxygen atoms in total. The predicted octanol–water partition coefficient (Wildman–Crippen LogP) is 4.45. The van der Waals surface area contributed by atoms with Crippen molar-refractivity contribution in [2.24, 2.45) is 5.92 Å². The highest BCUT2D eigenvalue weighted by molar-refractivity contribution is 7.98. The van der Waals surface area contributed by atoms with Crippen LogP contribution in [0.4, 0.5) is 4.79 Å². The molecule has 0 radical (unpaired) electrons. The number of aryl methyl sites for hydroxylation is 1. The van der Waals surface area contributed by atoms with Crippen LogP contribution in [0.3, 0.4) is 0 Å². The third-order valence-corrected chi connectivity index (χ3v) is 6.90. The van der Waals surface area contributed by atoms with E-state index in [4.69, 9.17) is 9.72 Å². The maximum atomic E-state index is 12.4. The van der Waals surface area contributed by atoms with E-state index in [2.05, 4.69) is 15.3 Å². The van der Waals surface area contributed by atoms with Gasteiger partial charge in [-0.1, -0.05) is 37.3 Å². The molecule has 2 aromatic heterocycles. The first kappa shape index (κ1) is 23.4. The first-order chi connectivity index (χ1) is 16.1. The number of rotatable bonds is 8. The minimum absolute atomic E-state index is 0.235. The normalized spacial score (nSPS) is 18.4. The zero-order valence-corrected chi connectivity index (χ0v) is 20.0. The first-order valence-electron chi connectivity index (χ1n) is 11.6. The Hall–Kier alpha value is -2.81. The number of carbonyl (C=O) groups is 1. The van der Waals surface area contributed by atoms with Crippen molar-refractivity contribution < 1.29 is 9.53 Å². The average molecular weight is 470 g/mol. The Morgan fingerprint density at radius 2 is 1.97 bits per heavy atom. The van der Waals surface area contributed by atoms with E-state index < -0.39 is 0 Å². The van der Waals surface area contributed by atoms with E-state index in [0.29, 0.717) is 35.6 Å². The zero-order valence-electron chi connectivity index (χ0n) is 19.2. The number of imidazole rings is 1. The van der Waals surface area contributed by atoms with Crippen LogP contribution in [-0.4, -0.2) is 38.4 Å². The van der Waals surface area contributed by atoms with Crippen LogP contribution in [0.15, 0.2) is 40.2 Å². The Kier molecular flexibility index (Phi) is 7.69. The number of ether oxygens (including phenoxy) is 1. The molecule has 1 amide bonds. The Labute approximate surface area is 197 Å². The molecule has 0 aliphatic heterocycles. The monoisotopic (exact) mass is 469 g/mol. The molecule has 176 valence electrons. The van der Waals surface area contributed by atoms with Gasteiger partial charge in [-0.15, -0.1) is 11.8 Å². The topological polar surface area (TPSA) is 102 Å². The lowest BCUT2D eigenvalue weighted by Crippen LogP contribution is -2.31. The number of nitrogens with one attached hydrogen (secondary N) is 2. The molecule has 1 saturated carbocycles. The summed E-state index contributed by atoms with van der Waals surface area (Å²) in [5.41, 5.74) is 2.31. The fourth-order valence-electron chi connectivity index (χ4n) is 4.43. The molecule has 0 bridgehead atoms. The lowest BCUT2D eigenvalue weighted by Gasteiger charge is -2.27. The number of aromatic amines is 1. The van der Waals surface area contributed by atoms with Gasteiger partial charge in [0.15, 0.2) is 5.65 Å². The number of amides is 1. The molecule has 1 aliphatic carbocycles. The van der Waals surface area contributed by atoms with Gasteiger partial charge < -0.3 is 15.0 Å². The van der Waals surface area contributed by atoms with E-state index in [-0.39, 0.29) is 18.4 Å². The van der Waals surface area contributed by atoms with E-state index in [9.17, 15) is 9.59 Å². The van der Waals surface area contributed by atoms with Crippen molar-refractivity contribution in [1.29, 1.82) is 0 Å². The fraction of sp³-hybridized carbons (Fsp3) is 0.500. The fourth-order valence-corrected chi connectivity index (χ4v) is 4.94. The molecule has 3 aromatic rings. The quantitative estimate of drug-likeness (QED) is 0.373. The van der Waals surface area contributed by atoms with Gasteiger partial charge in [0.1, 0.15) is 23.0 Å². The summed E-state index contributed by atoms with van der Waals surface area (Å²) in [6.07, 6.45) is 6.41. The smallest absolute Gasteiger partial charge is 0.407 e. The van der Waals surface area contributed by atoms with Crippen molar-refractivity contribution in [2.75, 3.05) is 12.8 Å². The highest BCUT2D eigenvalue weighted by atomic mass is 32.2. The summed E-state index contributed by atoms with van der Waals surface area (Å²) in [6, 6.07) is 9.67. The van der Waals surface area contributed by atoms with Gasteiger partial charge in [0.2, 0.25) is 0 Å². The Morgan fingerprint density at radius 3 is 2.67 bits per heavy atom. The number of thioether (sulfide) groups is 1. The van der Waals surface area contributed by atoms with E-state index in [1.54, 1.807) is 4.57 Å². The van der Waals surface area contributed by atoms with Gasteiger partial charge in [0.05, 0.1) is 0 Å². The number of hydrogen-bond acceptors (Lipinski definition) is 6. The SMILES string of the molecule is CCCn1c(=O)nc(SC)c2[nH]c(C3CCC(CNC(=O)OCc4ccccc4)CC3)nc21. The van der Waals surface area contributed by atoms with E-state index in [0.717, 1.165) is 49.0 Å². The van der Waals surface area contributed by atoms with Crippen LogP contribution in [0.2, 0.25) is 0 Å². The second kappa shape index (κ2) is 10.9. The summed E-state index contributed by atoms with van der Waals surface area (Å²) >= 11 is 1.46. The first-order valence-corrected chi connectivity index (χ1v) is 12.8. The molecule has 1 aliphatic rings. The van der Waals surface area contributed by atoms with Crippen LogP contribution >= 0.6 is 11.8 Å². The highest BCUT2D eigenvalue weighted by Crippen LogP contribution is 2.35. The third kappa shape index (κ3) is 5.58. The molecule has 0 spiro atoms. The average Bonchev–Trinajstić information content (AvgIpc) is 3.29. The lowest BCUT2D eigenvalue weighted by molar-refractivity contribution is 0.136. The molecular weight excluding hydrogens is 438 g/mol. The maximum absolute atomic E-state index is 12.4. The second-order valence-corrected chi connectivity index (χ2v) is 9.33. The van der Waals surface area contributed by atoms with Gasteiger partial charge in [0, 0.05) is 19.0 Å². The van der Waals surface area contributed by atoms with Crippen molar-refractivity contribution in [1.82, 2.24) is 24.8 Å². The predicted molar refractivity (Wildman–Crippen MR) is 130 cm³/mol. The Morgan fingerprint density at radius 1 is 1.21 bits per heavy atom. The molecule has 2 N–H and O–H groups in total. The van der Waals surface area contributed by atoms with Crippen LogP contribution < -0.4 is 11.0 Å². The van der Waals surface area contributed by atoms with Crippen LogP contribution in [0.5, 0.6) is 0 Å². The molecule has 9 heteroatoms. The number of carbonyl (C=O) groups excluding carboxylic acids is 1. The molecular formula is C24H31N5O3S. The molecule has 1 aromatic carbocycles. The number of alkyl carbamates (subject to hydrolysis) is 1. The van der Waals surface area contributed by atoms with Gasteiger partial charge >= 0.3 is 11.8 Å².